The third kappa shape index (κ3) is 2.78. The molecule has 1 aliphatic heterocycles. The van der Waals surface area contributed by atoms with Gasteiger partial charge >= 0.3 is 6.18 Å². The van der Waals surface area contributed by atoms with Crippen LogP contribution in [0.25, 0.3) is 0 Å². The normalized spacial score (nSPS) is 17.9. The van der Waals surface area contributed by atoms with Crippen LogP contribution >= 0.6 is 0 Å². The first-order valence-corrected chi connectivity index (χ1v) is 5.92. The molecule has 1 N–H and O–H groups in total. The fourth-order valence-electron chi connectivity index (χ4n) is 2.04. The molecule has 2 nitrogen and oxygen atoms in total. The third-order valence-corrected chi connectivity index (χ3v) is 3.49. The van der Waals surface area contributed by atoms with E-state index < -0.39 is 17.6 Å². The van der Waals surface area contributed by atoms with E-state index in [9.17, 15) is 22.4 Å². The highest BCUT2D eigenvalue weighted by molar-refractivity contribution is 5.98. The van der Waals surface area contributed by atoms with Gasteiger partial charge in [-0.1, -0.05) is 13.0 Å². The van der Waals surface area contributed by atoms with Crippen molar-refractivity contribution in [3.8, 4) is 0 Å². The summed E-state index contributed by atoms with van der Waals surface area (Å²) in [4.78, 5) is 12.0. The number of Topliss-reactive ketones (excluding diaryl/α,β-unsaturated/α-hetero) is 1. The van der Waals surface area contributed by atoms with Crippen molar-refractivity contribution in [2.75, 3.05) is 13.1 Å². The number of carbonyl (C=O) groups excluding carboxylic acids is 1. The van der Waals surface area contributed by atoms with Crippen LogP contribution in [0.3, 0.4) is 0 Å². The van der Waals surface area contributed by atoms with Gasteiger partial charge in [-0.15, -0.1) is 0 Å². The van der Waals surface area contributed by atoms with Crippen molar-refractivity contribution >= 4 is 5.78 Å². The van der Waals surface area contributed by atoms with E-state index >= 15 is 0 Å². The lowest BCUT2D eigenvalue weighted by Crippen LogP contribution is -2.47. The van der Waals surface area contributed by atoms with E-state index in [-0.39, 0.29) is 23.2 Å². The summed E-state index contributed by atoms with van der Waals surface area (Å²) in [6, 6.07) is 2.33. The van der Waals surface area contributed by atoms with Gasteiger partial charge in [0.2, 0.25) is 0 Å². The van der Waals surface area contributed by atoms with Gasteiger partial charge in [-0.05, 0) is 31.1 Å². The largest absolute Gasteiger partial charge is 0.419 e. The molecule has 0 saturated carbocycles. The molecule has 1 heterocycles. The third-order valence-electron chi connectivity index (χ3n) is 3.49. The summed E-state index contributed by atoms with van der Waals surface area (Å²) in [7, 11) is 0. The molecule has 0 spiro atoms. The molecule has 0 aromatic heterocycles. The van der Waals surface area contributed by atoms with Gasteiger partial charge in [0.05, 0.1) is 5.56 Å². The topological polar surface area (TPSA) is 29.1 Å². The molecule has 1 aromatic rings. The lowest BCUT2D eigenvalue weighted by Gasteiger charge is -2.31. The van der Waals surface area contributed by atoms with Gasteiger partial charge < -0.3 is 5.32 Å². The molecule has 0 amide bonds. The van der Waals surface area contributed by atoms with Crippen LogP contribution in [-0.4, -0.2) is 18.9 Å². The van der Waals surface area contributed by atoms with E-state index in [4.69, 9.17) is 0 Å². The van der Waals surface area contributed by atoms with Crippen LogP contribution in [-0.2, 0) is 6.18 Å². The molecule has 1 aromatic carbocycles. The van der Waals surface area contributed by atoms with Crippen molar-refractivity contribution in [3.05, 3.63) is 35.1 Å². The van der Waals surface area contributed by atoms with Crippen molar-refractivity contribution in [1.29, 1.82) is 0 Å². The molecule has 1 unspecified atom stereocenters. The van der Waals surface area contributed by atoms with Crippen LogP contribution in [0.2, 0.25) is 0 Å². The monoisotopic (exact) mass is 275 g/mol. The number of carbonyl (C=O) groups is 1. The first-order valence-electron chi connectivity index (χ1n) is 5.92. The zero-order valence-electron chi connectivity index (χ0n) is 10.2. The molecule has 1 aliphatic rings. The molecule has 1 atom stereocenters. The van der Waals surface area contributed by atoms with E-state index in [1.807, 2.05) is 0 Å². The van der Waals surface area contributed by atoms with Gasteiger partial charge in [-0.2, -0.15) is 13.2 Å². The van der Waals surface area contributed by atoms with Crippen LogP contribution in [0.15, 0.2) is 18.2 Å². The van der Waals surface area contributed by atoms with Crippen LogP contribution < -0.4 is 5.32 Å². The Morgan fingerprint density at radius 1 is 1.37 bits per heavy atom. The van der Waals surface area contributed by atoms with Crippen molar-refractivity contribution < 1.29 is 22.4 Å². The molecule has 1 saturated heterocycles. The SMILES string of the molecule is CC(C(=O)c1ccc(C(F)(F)F)c(F)c1)C1CNC1. The maximum atomic E-state index is 13.4. The Bertz CT molecular complexity index is 494. The van der Waals surface area contributed by atoms with Crippen molar-refractivity contribution in [2.45, 2.75) is 13.1 Å². The molecule has 104 valence electrons. The van der Waals surface area contributed by atoms with Gasteiger partial charge in [0.15, 0.2) is 5.78 Å². The zero-order chi connectivity index (χ0) is 14.2. The van der Waals surface area contributed by atoms with Crippen LogP contribution in [0.4, 0.5) is 17.6 Å². The number of ketones is 1. The highest BCUT2D eigenvalue weighted by Gasteiger charge is 2.35. The van der Waals surface area contributed by atoms with E-state index in [1.165, 1.54) is 0 Å². The maximum absolute atomic E-state index is 13.4. The van der Waals surface area contributed by atoms with E-state index in [0.717, 1.165) is 6.07 Å². The predicted octanol–water partition coefficient (Wildman–Crippen LogP) is 2.88. The van der Waals surface area contributed by atoms with Gasteiger partial charge in [-0.3, -0.25) is 4.79 Å². The predicted molar refractivity (Wildman–Crippen MR) is 61.3 cm³/mol. The first kappa shape index (κ1) is 14.0. The zero-order valence-corrected chi connectivity index (χ0v) is 10.2. The highest BCUT2D eigenvalue weighted by atomic mass is 19.4. The Hall–Kier alpha value is -1.43. The van der Waals surface area contributed by atoms with E-state index in [2.05, 4.69) is 5.32 Å². The summed E-state index contributed by atoms with van der Waals surface area (Å²) < 4.78 is 50.6. The second-order valence-electron chi connectivity index (χ2n) is 4.76. The fraction of sp³-hybridized carbons (Fsp3) is 0.462. The number of hydrogen-bond acceptors (Lipinski definition) is 2. The smallest absolute Gasteiger partial charge is 0.316 e. The number of halogens is 4. The average Bonchev–Trinajstić information content (AvgIpc) is 2.23. The van der Waals surface area contributed by atoms with Crippen molar-refractivity contribution in [3.63, 3.8) is 0 Å². The summed E-state index contributed by atoms with van der Waals surface area (Å²) >= 11 is 0. The van der Waals surface area contributed by atoms with Gasteiger partial charge in [0.1, 0.15) is 5.82 Å². The van der Waals surface area contributed by atoms with E-state index in [1.54, 1.807) is 6.92 Å². The summed E-state index contributed by atoms with van der Waals surface area (Å²) in [5, 5.41) is 3.01. The molecule has 1 fully saturated rings. The molecule has 0 aliphatic carbocycles. The summed E-state index contributed by atoms with van der Waals surface area (Å²) in [6.45, 7) is 3.12. The second kappa shape index (κ2) is 4.92. The quantitative estimate of drug-likeness (QED) is 0.679. The average molecular weight is 275 g/mol. The Morgan fingerprint density at radius 3 is 2.42 bits per heavy atom. The summed E-state index contributed by atoms with van der Waals surface area (Å²) in [5.41, 5.74) is -1.35. The molecule has 2 rings (SSSR count). The Balaban J connectivity index is 2.22. The number of nitrogens with one attached hydrogen (secondary N) is 1. The summed E-state index contributed by atoms with van der Waals surface area (Å²) in [6.07, 6.45) is -4.74. The van der Waals surface area contributed by atoms with Crippen molar-refractivity contribution in [1.82, 2.24) is 5.32 Å². The number of benzene rings is 1. The molecule has 19 heavy (non-hydrogen) atoms. The molecule has 0 bridgehead atoms. The lowest BCUT2D eigenvalue weighted by atomic mass is 9.83. The Labute approximate surface area is 107 Å². The first-order chi connectivity index (χ1) is 8.80. The van der Waals surface area contributed by atoms with Crippen LogP contribution in [0, 0.1) is 17.7 Å². The second-order valence-corrected chi connectivity index (χ2v) is 4.76. The lowest BCUT2D eigenvalue weighted by molar-refractivity contribution is -0.140. The number of rotatable bonds is 3. The van der Waals surface area contributed by atoms with E-state index in [0.29, 0.717) is 25.2 Å². The Morgan fingerprint density at radius 2 is 2.00 bits per heavy atom. The number of hydrogen-bond donors (Lipinski definition) is 1. The minimum absolute atomic E-state index is 0.00935. The minimum atomic E-state index is -4.74. The van der Waals surface area contributed by atoms with Crippen molar-refractivity contribution in [2.24, 2.45) is 11.8 Å². The molecule has 0 radical (unpaired) electrons. The standard InChI is InChI=1S/C13H13F4NO/c1-7(9-5-18-6-9)12(19)8-2-3-10(11(14)4-8)13(15,16)17/h2-4,7,9,18H,5-6H2,1H3. The Kier molecular flexibility index (Phi) is 3.62. The van der Waals surface area contributed by atoms with Crippen LogP contribution in [0.5, 0.6) is 0 Å². The van der Waals surface area contributed by atoms with Gasteiger partial charge in [0, 0.05) is 11.5 Å². The van der Waals surface area contributed by atoms with Gasteiger partial charge in [0.25, 0.3) is 0 Å². The molecule has 6 heteroatoms. The minimum Gasteiger partial charge on any atom is -0.316 e. The summed E-state index contributed by atoms with van der Waals surface area (Å²) in [5.74, 6) is -1.88. The molecular formula is C13H13F4NO. The van der Waals surface area contributed by atoms with Gasteiger partial charge in [-0.25, -0.2) is 4.39 Å². The molecular weight excluding hydrogens is 262 g/mol. The fourth-order valence-corrected chi connectivity index (χ4v) is 2.04. The maximum Gasteiger partial charge on any atom is 0.419 e. The highest BCUT2D eigenvalue weighted by Crippen LogP contribution is 2.32. The van der Waals surface area contributed by atoms with Crippen LogP contribution in [0.1, 0.15) is 22.8 Å². The number of alkyl halides is 3.